The minimum atomic E-state index is -0.197. The van der Waals surface area contributed by atoms with Crippen LogP contribution in [0, 0.1) is 17.7 Å². The number of hydrogen-bond donors (Lipinski definition) is 1. The third kappa shape index (κ3) is 4.56. The third-order valence-electron chi connectivity index (χ3n) is 4.49. The van der Waals surface area contributed by atoms with Crippen molar-refractivity contribution in [2.45, 2.75) is 52.0 Å². The van der Waals surface area contributed by atoms with Crippen LogP contribution in [-0.2, 0) is 0 Å². The van der Waals surface area contributed by atoms with E-state index >= 15 is 0 Å². The van der Waals surface area contributed by atoms with Gasteiger partial charge in [-0.2, -0.15) is 0 Å². The number of halogens is 2. The second kappa shape index (κ2) is 7.56. The van der Waals surface area contributed by atoms with Gasteiger partial charge in [-0.05, 0) is 71.8 Å². The van der Waals surface area contributed by atoms with Crippen molar-refractivity contribution in [3.8, 4) is 0 Å². The van der Waals surface area contributed by atoms with Gasteiger partial charge in [-0.1, -0.05) is 32.3 Å². The van der Waals surface area contributed by atoms with E-state index in [1.807, 2.05) is 12.1 Å². The van der Waals surface area contributed by atoms with Crippen LogP contribution in [0.5, 0.6) is 0 Å². The Morgan fingerprint density at radius 2 is 2.20 bits per heavy atom. The van der Waals surface area contributed by atoms with Crippen LogP contribution >= 0.6 is 15.9 Å². The maximum Gasteiger partial charge on any atom is 0.137 e. The van der Waals surface area contributed by atoms with Crippen molar-refractivity contribution in [1.29, 1.82) is 0 Å². The summed E-state index contributed by atoms with van der Waals surface area (Å²) in [5.74, 6) is 1.59. The lowest BCUT2D eigenvalue weighted by molar-refractivity contribution is 0.265. The highest BCUT2D eigenvalue weighted by Crippen LogP contribution is 2.30. The monoisotopic (exact) mass is 341 g/mol. The van der Waals surface area contributed by atoms with Gasteiger partial charge in [0.1, 0.15) is 5.82 Å². The highest BCUT2D eigenvalue weighted by molar-refractivity contribution is 9.10. The zero-order valence-corrected chi connectivity index (χ0v) is 14.0. The van der Waals surface area contributed by atoms with Crippen molar-refractivity contribution in [3.05, 3.63) is 34.1 Å². The van der Waals surface area contributed by atoms with Gasteiger partial charge in [0.15, 0.2) is 0 Å². The molecule has 0 saturated heterocycles. The van der Waals surface area contributed by atoms with Crippen molar-refractivity contribution in [2.24, 2.45) is 11.8 Å². The largest absolute Gasteiger partial charge is 0.310 e. The van der Waals surface area contributed by atoms with Crippen molar-refractivity contribution in [3.63, 3.8) is 0 Å². The molecule has 0 heterocycles. The van der Waals surface area contributed by atoms with Crippen LogP contribution in [0.15, 0.2) is 22.7 Å². The Hall–Kier alpha value is -0.410. The van der Waals surface area contributed by atoms with Crippen LogP contribution in [-0.4, -0.2) is 6.54 Å². The predicted molar refractivity (Wildman–Crippen MR) is 86.3 cm³/mol. The van der Waals surface area contributed by atoms with Gasteiger partial charge in [0.05, 0.1) is 4.47 Å². The SMILES string of the molecule is CC1CCCC(CCNC(C)c2ccc(F)c(Br)c2)C1. The molecule has 1 nitrogen and oxygen atoms in total. The van der Waals surface area contributed by atoms with E-state index in [1.165, 1.54) is 38.2 Å². The lowest BCUT2D eigenvalue weighted by atomic mass is 9.81. The van der Waals surface area contributed by atoms with Gasteiger partial charge in [0, 0.05) is 6.04 Å². The topological polar surface area (TPSA) is 12.0 Å². The molecule has 0 radical (unpaired) electrons. The average molecular weight is 342 g/mol. The summed E-state index contributed by atoms with van der Waals surface area (Å²) in [6, 6.07) is 5.53. The minimum absolute atomic E-state index is 0.197. The van der Waals surface area contributed by atoms with E-state index in [4.69, 9.17) is 0 Å². The molecule has 1 N–H and O–H groups in total. The van der Waals surface area contributed by atoms with Crippen LogP contribution in [0.4, 0.5) is 4.39 Å². The van der Waals surface area contributed by atoms with E-state index in [1.54, 1.807) is 0 Å². The summed E-state index contributed by atoms with van der Waals surface area (Å²) in [7, 11) is 0. The molecule has 1 aromatic carbocycles. The van der Waals surface area contributed by atoms with Crippen molar-refractivity contribution in [1.82, 2.24) is 5.32 Å². The number of hydrogen-bond acceptors (Lipinski definition) is 1. The Labute approximate surface area is 130 Å². The van der Waals surface area contributed by atoms with Crippen molar-refractivity contribution in [2.75, 3.05) is 6.54 Å². The highest BCUT2D eigenvalue weighted by Gasteiger charge is 2.18. The Kier molecular flexibility index (Phi) is 6.03. The van der Waals surface area contributed by atoms with E-state index in [0.717, 1.165) is 23.9 Å². The fourth-order valence-corrected chi connectivity index (χ4v) is 3.62. The lowest BCUT2D eigenvalue weighted by Crippen LogP contribution is -2.23. The zero-order valence-electron chi connectivity index (χ0n) is 12.5. The van der Waals surface area contributed by atoms with Gasteiger partial charge < -0.3 is 5.32 Å². The summed E-state index contributed by atoms with van der Waals surface area (Å²) in [6.07, 6.45) is 6.84. The van der Waals surface area contributed by atoms with Gasteiger partial charge in [0.2, 0.25) is 0 Å². The van der Waals surface area contributed by atoms with Crippen LogP contribution in [0.2, 0.25) is 0 Å². The van der Waals surface area contributed by atoms with Gasteiger partial charge in [-0.15, -0.1) is 0 Å². The second-order valence-electron chi connectivity index (χ2n) is 6.28. The summed E-state index contributed by atoms with van der Waals surface area (Å²) in [5.41, 5.74) is 1.13. The van der Waals surface area contributed by atoms with E-state index in [-0.39, 0.29) is 11.9 Å². The van der Waals surface area contributed by atoms with Crippen LogP contribution in [0.1, 0.15) is 57.6 Å². The predicted octanol–water partition coefficient (Wildman–Crippen LogP) is 5.46. The molecule has 2 rings (SSSR count). The molecule has 1 saturated carbocycles. The summed E-state index contributed by atoms with van der Waals surface area (Å²) in [6.45, 7) is 5.56. The average Bonchev–Trinajstić information content (AvgIpc) is 2.42. The van der Waals surface area contributed by atoms with E-state index in [9.17, 15) is 4.39 Å². The van der Waals surface area contributed by atoms with Crippen molar-refractivity contribution >= 4 is 15.9 Å². The van der Waals surface area contributed by atoms with Gasteiger partial charge in [-0.3, -0.25) is 0 Å². The normalized spacial score (nSPS) is 24.6. The van der Waals surface area contributed by atoms with Crippen LogP contribution in [0.25, 0.3) is 0 Å². The molecule has 0 amide bonds. The summed E-state index contributed by atoms with van der Waals surface area (Å²) >= 11 is 3.25. The van der Waals surface area contributed by atoms with Gasteiger partial charge in [-0.25, -0.2) is 4.39 Å². The molecule has 0 bridgehead atoms. The maximum absolute atomic E-state index is 13.2. The molecule has 1 aliphatic rings. The maximum atomic E-state index is 13.2. The standard InChI is InChI=1S/C17H25BrFN/c1-12-4-3-5-14(10-12)8-9-20-13(2)15-6-7-17(19)16(18)11-15/h6-7,11-14,20H,3-5,8-10H2,1-2H3. The molecule has 0 aromatic heterocycles. The summed E-state index contributed by atoms with van der Waals surface area (Å²) in [4.78, 5) is 0. The molecule has 1 aliphatic carbocycles. The molecule has 112 valence electrons. The lowest BCUT2D eigenvalue weighted by Gasteiger charge is -2.27. The second-order valence-corrected chi connectivity index (χ2v) is 7.13. The quantitative estimate of drug-likeness (QED) is 0.750. The summed E-state index contributed by atoms with van der Waals surface area (Å²) in [5, 5.41) is 3.56. The molecule has 3 heteroatoms. The van der Waals surface area contributed by atoms with E-state index in [2.05, 4.69) is 35.1 Å². The van der Waals surface area contributed by atoms with E-state index < -0.39 is 0 Å². The Bertz CT molecular complexity index is 435. The van der Waals surface area contributed by atoms with Crippen LogP contribution < -0.4 is 5.32 Å². The summed E-state index contributed by atoms with van der Waals surface area (Å²) < 4.78 is 13.8. The first-order valence-corrected chi connectivity index (χ1v) is 8.54. The van der Waals surface area contributed by atoms with Gasteiger partial charge >= 0.3 is 0 Å². The molecular formula is C17H25BrFN. The molecule has 1 fully saturated rings. The van der Waals surface area contributed by atoms with Gasteiger partial charge in [0.25, 0.3) is 0 Å². The Morgan fingerprint density at radius 3 is 2.90 bits per heavy atom. The fraction of sp³-hybridized carbons (Fsp3) is 0.647. The first-order chi connectivity index (χ1) is 9.56. The highest BCUT2D eigenvalue weighted by atomic mass is 79.9. The van der Waals surface area contributed by atoms with E-state index in [0.29, 0.717) is 4.47 Å². The first kappa shape index (κ1) is 16.0. The zero-order chi connectivity index (χ0) is 14.5. The Morgan fingerprint density at radius 1 is 1.40 bits per heavy atom. The fourth-order valence-electron chi connectivity index (χ4n) is 3.23. The van der Waals surface area contributed by atoms with Crippen LogP contribution in [0.3, 0.4) is 0 Å². The number of rotatable bonds is 5. The number of benzene rings is 1. The first-order valence-electron chi connectivity index (χ1n) is 7.74. The molecule has 0 spiro atoms. The number of nitrogens with one attached hydrogen (secondary N) is 1. The molecular weight excluding hydrogens is 317 g/mol. The molecule has 1 aromatic rings. The molecule has 20 heavy (non-hydrogen) atoms. The Balaban J connectivity index is 1.77. The smallest absolute Gasteiger partial charge is 0.137 e. The molecule has 3 unspecified atom stereocenters. The third-order valence-corrected chi connectivity index (χ3v) is 5.10. The molecule has 0 aliphatic heterocycles. The van der Waals surface area contributed by atoms with Crippen molar-refractivity contribution < 1.29 is 4.39 Å². The minimum Gasteiger partial charge on any atom is -0.310 e. The molecule has 3 atom stereocenters.